The molecule has 2 amide bonds. The molecule has 5 rings (SSSR count). The highest BCUT2D eigenvalue weighted by molar-refractivity contribution is 6.72. The second kappa shape index (κ2) is 7.51. The average molecular weight is 437 g/mol. The zero-order valence-corrected chi connectivity index (χ0v) is 17.2. The van der Waals surface area contributed by atoms with Crippen molar-refractivity contribution in [3.8, 4) is 5.75 Å². The number of aromatic nitrogens is 3. The van der Waals surface area contributed by atoms with Crippen LogP contribution in [-0.2, 0) is 11.3 Å². The minimum Gasteiger partial charge on any atom is -0.489 e. The molecule has 1 aromatic heterocycles. The molecule has 0 aliphatic carbocycles. The van der Waals surface area contributed by atoms with Gasteiger partial charge in [0.1, 0.15) is 29.9 Å². The van der Waals surface area contributed by atoms with Crippen molar-refractivity contribution in [1.29, 1.82) is 0 Å². The number of hydrogen-bond donors (Lipinski definition) is 1. The summed E-state index contributed by atoms with van der Waals surface area (Å²) < 4.78 is 7.36. The molecule has 2 aromatic carbocycles. The van der Waals surface area contributed by atoms with Crippen molar-refractivity contribution < 1.29 is 14.3 Å². The molecule has 9 nitrogen and oxygen atoms in total. The summed E-state index contributed by atoms with van der Waals surface area (Å²) in [4.78, 5) is 35.2. The molecular weight excluding hydrogens is 420 g/mol. The maximum atomic E-state index is 12.9. The smallest absolute Gasteiger partial charge is 0.291 e. The lowest BCUT2D eigenvalue weighted by Gasteiger charge is -2.22. The summed E-state index contributed by atoms with van der Waals surface area (Å²) in [5.41, 5.74) is 3.07. The first-order valence-electron chi connectivity index (χ1n) is 9.57. The Morgan fingerprint density at radius 2 is 2.10 bits per heavy atom. The third-order valence-electron chi connectivity index (χ3n) is 5.15. The van der Waals surface area contributed by atoms with E-state index in [-0.39, 0.29) is 18.3 Å². The average Bonchev–Trinajstić information content (AvgIpc) is 3.20. The quantitative estimate of drug-likeness (QED) is 0.675. The number of carbonyl (C=O) groups excluding carboxylic acids is 2. The van der Waals surface area contributed by atoms with Crippen LogP contribution in [-0.4, -0.2) is 51.4 Å². The predicted molar refractivity (Wildman–Crippen MR) is 114 cm³/mol. The number of amides is 2. The second-order valence-corrected chi connectivity index (χ2v) is 7.58. The van der Waals surface area contributed by atoms with Crippen LogP contribution in [0.5, 0.6) is 5.75 Å². The molecule has 2 aliphatic heterocycles. The number of likely N-dealkylation sites (N-methyl/N-ethyl adjacent to an activating group) is 1. The largest absolute Gasteiger partial charge is 0.489 e. The van der Waals surface area contributed by atoms with Crippen LogP contribution < -0.4 is 15.0 Å². The number of rotatable bonds is 4. The minimum absolute atomic E-state index is 0.0178. The van der Waals surface area contributed by atoms with E-state index >= 15 is 0 Å². The Morgan fingerprint density at radius 3 is 2.87 bits per heavy atom. The monoisotopic (exact) mass is 436 g/mol. The number of ether oxygens (including phenoxy) is 1. The van der Waals surface area contributed by atoms with E-state index in [0.29, 0.717) is 28.8 Å². The van der Waals surface area contributed by atoms with Crippen LogP contribution in [0.25, 0.3) is 0 Å². The van der Waals surface area contributed by atoms with Crippen LogP contribution in [0.4, 0.5) is 11.4 Å². The van der Waals surface area contributed by atoms with E-state index in [1.807, 2.05) is 30.3 Å². The van der Waals surface area contributed by atoms with Gasteiger partial charge in [-0.1, -0.05) is 41.9 Å². The molecule has 0 fully saturated rings. The fraction of sp³-hybridized carbons (Fsp3) is 0.190. The Bertz CT molecular complexity index is 1220. The number of anilines is 1. The lowest BCUT2D eigenvalue weighted by molar-refractivity contribution is -0.120. The van der Waals surface area contributed by atoms with E-state index in [4.69, 9.17) is 16.3 Å². The highest BCUT2D eigenvalue weighted by Gasteiger charge is 2.33. The SMILES string of the molecule is CN1C(=O)C(NC(=O)c2ncn(Cc3ccccc3)n2)COc2cc3c(cc21)C(Cl)=N3. The van der Waals surface area contributed by atoms with Crippen LogP contribution in [0, 0.1) is 0 Å². The van der Waals surface area contributed by atoms with Crippen molar-refractivity contribution in [2.24, 2.45) is 4.99 Å². The molecule has 0 radical (unpaired) electrons. The van der Waals surface area contributed by atoms with Gasteiger partial charge in [-0.15, -0.1) is 5.10 Å². The summed E-state index contributed by atoms with van der Waals surface area (Å²) >= 11 is 6.00. The van der Waals surface area contributed by atoms with Crippen molar-refractivity contribution in [3.05, 3.63) is 65.7 Å². The number of halogens is 1. The fourth-order valence-electron chi connectivity index (χ4n) is 3.47. The Balaban J connectivity index is 1.29. The molecule has 2 aliphatic rings. The molecule has 3 aromatic rings. The summed E-state index contributed by atoms with van der Waals surface area (Å²) in [6.07, 6.45) is 1.48. The number of fused-ring (bicyclic) bond motifs is 2. The number of carbonyl (C=O) groups is 2. The highest BCUT2D eigenvalue weighted by Crippen LogP contribution is 2.42. The molecule has 3 heterocycles. The Labute approximate surface area is 182 Å². The summed E-state index contributed by atoms with van der Waals surface area (Å²) in [6.45, 7) is 0.461. The van der Waals surface area contributed by atoms with Crippen LogP contribution >= 0.6 is 11.6 Å². The molecule has 0 saturated carbocycles. The maximum absolute atomic E-state index is 12.9. The first-order chi connectivity index (χ1) is 15.0. The van der Waals surface area contributed by atoms with E-state index in [9.17, 15) is 9.59 Å². The number of nitrogens with zero attached hydrogens (tertiary/aromatic N) is 5. The molecule has 1 atom stereocenters. The van der Waals surface area contributed by atoms with E-state index in [1.165, 1.54) is 11.2 Å². The lowest BCUT2D eigenvalue weighted by atomic mass is 10.1. The predicted octanol–water partition coefficient (Wildman–Crippen LogP) is 2.11. The van der Waals surface area contributed by atoms with Crippen LogP contribution in [0.3, 0.4) is 0 Å². The first-order valence-corrected chi connectivity index (χ1v) is 9.94. The van der Waals surface area contributed by atoms with Gasteiger partial charge in [0.25, 0.3) is 11.8 Å². The fourth-order valence-corrected chi connectivity index (χ4v) is 3.72. The van der Waals surface area contributed by atoms with E-state index in [1.54, 1.807) is 23.9 Å². The number of hydrogen-bond acceptors (Lipinski definition) is 6. The van der Waals surface area contributed by atoms with Crippen molar-refractivity contribution in [3.63, 3.8) is 0 Å². The zero-order valence-electron chi connectivity index (χ0n) is 16.4. The van der Waals surface area contributed by atoms with Gasteiger partial charge < -0.3 is 15.0 Å². The third kappa shape index (κ3) is 3.53. The molecule has 0 bridgehead atoms. The molecular formula is C21H17ClN6O3. The number of nitrogens with one attached hydrogen (secondary N) is 1. The molecule has 156 valence electrons. The number of benzene rings is 2. The maximum Gasteiger partial charge on any atom is 0.291 e. The van der Waals surface area contributed by atoms with Gasteiger partial charge in [0, 0.05) is 18.7 Å². The van der Waals surface area contributed by atoms with Gasteiger partial charge in [-0.3, -0.25) is 9.59 Å². The molecule has 1 N–H and O–H groups in total. The molecule has 0 spiro atoms. The second-order valence-electron chi connectivity index (χ2n) is 7.23. The Kier molecular flexibility index (Phi) is 4.67. The highest BCUT2D eigenvalue weighted by atomic mass is 35.5. The van der Waals surface area contributed by atoms with Crippen molar-refractivity contribution in [1.82, 2.24) is 20.1 Å². The van der Waals surface area contributed by atoms with E-state index < -0.39 is 11.9 Å². The molecule has 1 unspecified atom stereocenters. The van der Waals surface area contributed by atoms with Gasteiger partial charge in [-0.2, -0.15) is 0 Å². The van der Waals surface area contributed by atoms with E-state index in [2.05, 4.69) is 20.4 Å². The summed E-state index contributed by atoms with van der Waals surface area (Å²) in [5, 5.41) is 7.28. The standard InChI is InChI=1S/C21H17ClN6O3/c1-27-16-7-13-14(24-18(13)22)8-17(16)31-10-15(21(27)30)25-20(29)19-23-11-28(26-19)9-12-5-3-2-4-6-12/h2-8,11,15H,9-10H2,1H3,(H,25,29). The van der Waals surface area contributed by atoms with Gasteiger partial charge in [0.15, 0.2) is 0 Å². The van der Waals surface area contributed by atoms with Gasteiger partial charge >= 0.3 is 0 Å². The topological polar surface area (TPSA) is 102 Å². The van der Waals surface area contributed by atoms with Gasteiger partial charge in [-0.25, -0.2) is 14.7 Å². The van der Waals surface area contributed by atoms with Crippen molar-refractivity contribution in [2.75, 3.05) is 18.6 Å². The normalized spacial score (nSPS) is 17.0. The van der Waals surface area contributed by atoms with Gasteiger partial charge in [-0.05, 0) is 11.6 Å². The summed E-state index contributed by atoms with van der Waals surface area (Å²) in [5.74, 6) is -0.381. The summed E-state index contributed by atoms with van der Waals surface area (Å²) in [7, 11) is 1.62. The Morgan fingerprint density at radius 1 is 1.29 bits per heavy atom. The van der Waals surface area contributed by atoms with Crippen LogP contribution in [0.15, 0.2) is 53.8 Å². The summed E-state index contributed by atoms with van der Waals surface area (Å²) in [6, 6.07) is 12.3. The Hall–Kier alpha value is -3.72. The number of aliphatic imine (C=N–C) groups is 1. The van der Waals surface area contributed by atoms with Crippen molar-refractivity contribution in [2.45, 2.75) is 12.6 Å². The van der Waals surface area contributed by atoms with Crippen LogP contribution in [0.2, 0.25) is 0 Å². The first kappa shape index (κ1) is 19.3. The van der Waals surface area contributed by atoms with Gasteiger partial charge in [0.2, 0.25) is 5.82 Å². The molecule has 10 heteroatoms. The minimum atomic E-state index is -0.894. The molecule has 31 heavy (non-hydrogen) atoms. The third-order valence-corrected chi connectivity index (χ3v) is 5.43. The van der Waals surface area contributed by atoms with E-state index in [0.717, 1.165) is 11.1 Å². The molecule has 0 saturated heterocycles. The lowest BCUT2D eigenvalue weighted by Crippen LogP contribution is -2.49. The van der Waals surface area contributed by atoms with Crippen LogP contribution in [0.1, 0.15) is 21.7 Å². The zero-order chi connectivity index (χ0) is 21.5. The van der Waals surface area contributed by atoms with Gasteiger partial charge in [0.05, 0.1) is 17.9 Å². The van der Waals surface area contributed by atoms with Crippen molar-refractivity contribution >= 4 is 40.0 Å².